The standard InChI is InChI=1S/C49H56N12O10/c1-27(2)36(24-33(62)10-6-5-9-21-61-41(65)19-20-42(61)66)48(68)52-28(3)40(64)23-30-13-18-35(37(22-30)45-57-59-60-58-45)39(63)12-8-7-11-38(49(69)70)56-47(67)31-14-16-34(17-15-31)71-26-32-25-51-46-43(55-32)44(50)53-29(4)54-46/h13-20,22,25,27-28,36,38H,5-12,21,23-24,26H2,1-4H3,(H,52,68)(H,56,67)(H,69,70)(H2,50,51,53,54)(H,57,58,59,60)/t28-,36-,38-/m0/s1. The van der Waals surface area contributed by atoms with E-state index >= 15 is 0 Å². The van der Waals surface area contributed by atoms with E-state index in [-0.39, 0.29) is 110 Å². The first-order chi connectivity index (χ1) is 34.0. The number of H-pyrrole nitrogens is 1. The highest BCUT2D eigenvalue weighted by molar-refractivity contribution is 6.12. The number of hydrogen-bond acceptors (Lipinski definition) is 17. The van der Waals surface area contributed by atoms with E-state index in [0.717, 1.165) is 4.90 Å². The molecule has 3 atom stereocenters. The number of nitrogens with one attached hydrogen (secondary N) is 3. The lowest BCUT2D eigenvalue weighted by Gasteiger charge is -2.22. The molecular formula is C49H56N12O10. The molecule has 0 saturated heterocycles. The van der Waals surface area contributed by atoms with Crippen molar-refractivity contribution in [2.45, 2.75) is 111 Å². The van der Waals surface area contributed by atoms with Crippen LogP contribution in [0.4, 0.5) is 5.82 Å². The van der Waals surface area contributed by atoms with Gasteiger partial charge in [0, 0.05) is 67.0 Å². The van der Waals surface area contributed by atoms with E-state index in [4.69, 9.17) is 10.5 Å². The third-order valence-corrected chi connectivity index (χ3v) is 11.9. The normalized spacial score (nSPS) is 13.6. The number of carboxylic acid groups (broad SMARTS) is 1. The molecule has 6 rings (SSSR count). The molecule has 0 aliphatic carbocycles. The van der Waals surface area contributed by atoms with Crippen LogP contribution in [-0.4, -0.2) is 116 Å². The molecule has 1 aliphatic heterocycles. The van der Waals surface area contributed by atoms with Crippen molar-refractivity contribution in [3.05, 3.63) is 89.0 Å². The Morgan fingerprint density at radius 2 is 1.61 bits per heavy atom. The van der Waals surface area contributed by atoms with Gasteiger partial charge < -0.3 is 26.2 Å². The Balaban J connectivity index is 0.952. The third kappa shape index (κ3) is 14.4. The molecule has 3 aromatic heterocycles. The van der Waals surface area contributed by atoms with Crippen LogP contribution in [0, 0.1) is 18.8 Å². The van der Waals surface area contributed by atoms with E-state index in [0.29, 0.717) is 65.2 Å². The van der Waals surface area contributed by atoms with Crippen LogP contribution >= 0.6 is 0 Å². The van der Waals surface area contributed by atoms with Crippen molar-refractivity contribution in [2.24, 2.45) is 11.8 Å². The van der Waals surface area contributed by atoms with Crippen molar-refractivity contribution >= 4 is 63.9 Å². The number of fused-ring (bicyclic) bond motifs is 1. The topological polar surface area (TPSA) is 325 Å². The molecule has 4 amide bonds. The predicted molar refractivity (Wildman–Crippen MR) is 255 cm³/mol. The number of aliphatic carboxylic acids is 1. The number of carbonyl (C=O) groups excluding carboxylic acids is 7. The zero-order valence-corrected chi connectivity index (χ0v) is 39.8. The van der Waals surface area contributed by atoms with Crippen LogP contribution in [0.3, 0.4) is 0 Å². The molecule has 4 heterocycles. The maximum Gasteiger partial charge on any atom is 0.326 e. The molecule has 372 valence electrons. The average molecular weight is 973 g/mol. The number of nitrogens with two attached hydrogens (primary N) is 1. The molecule has 71 heavy (non-hydrogen) atoms. The number of ether oxygens (including phenoxy) is 1. The number of benzene rings is 2. The molecule has 0 unspecified atom stereocenters. The number of carboxylic acids is 1. The summed E-state index contributed by atoms with van der Waals surface area (Å²) in [6.45, 7) is 7.26. The van der Waals surface area contributed by atoms with Crippen molar-refractivity contribution in [3.63, 3.8) is 0 Å². The molecule has 2 aromatic carbocycles. The third-order valence-electron chi connectivity index (χ3n) is 11.9. The van der Waals surface area contributed by atoms with Crippen molar-refractivity contribution < 1.29 is 48.2 Å². The van der Waals surface area contributed by atoms with Gasteiger partial charge in [0.25, 0.3) is 17.7 Å². The van der Waals surface area contributed by atoms with E-state index in [1.165, 1.54) is 30.5 Å². The number of tetrazole rings is 1. The summed E-state index contributed by atoms with van der Waals surface area (Å²) < 4.78 is 5.79. The number of rotatable bonds is 27. The molecule has 0 radical (unpaired) electrons. The zero-order valence-electron chi connectivity index (χ0n) is 39.8. The lowest BCUT2D eigenvalue weighted by molar-refractivity contribution is -0.139. The zero-order chi connectivity index (χ0) is 51.2. The summed E-state index contributed by atoms with van der Waals surface area (Å²) in [5.41, 5.74) is 8.48. The van der Waals surface area contributed by atoms with Gasteiger partial charge in [-0.05, 0) is 86.6 Å². The monoisotopic (exact) mass is 972 g/mol. The number of carbonyl (C=O) groups is 8. The number of ketones is 3. The molecule has 0 fully saturated rings. The van der Waals surface area contributed by atoms with Crippen molar-refractivity contribution in [3.8, 4) is 17.1 Å². The number of aromatic amines is 1. The largest absolute Gasteiger partial charge is 0.487 e. The van der Waals surface area contributed by atoms with Crippen LogP contribution in [0.5, 0.6) is 5.75 Å². The summed E-state index contributed by atoms with van der Waals surface area (Å²) in [6, 6.07) is 8.79. The number of anilines is 1. The molecule has 5 aromatic rings. The minimum atomic E-state index is -1.23. The molecule has 6 N–H and O–H groups in total. The molecule has 0 spiro atoms. The second kappa shape index (κ2) is 24.4. The molecular weight excluding hydrogens is 917 g/mol. The smallest absolute Gasteiger partial charge is 0.326 e. The number of aromatic nitrogens is 8. The first-order valence-corrected chi connectivity index (χ1v) is 23.3. The summed E-state index contributed by atoms with van der Waals surface area (Å²) in [4.78, 5) is 120. The number of nitrogen functional groups attached to an aromatic ring is 1. The highest BCUT2D eigenvalue weighted by Crippen LogP contribution is 2.25. The number of Topliss-reactive ketones (excluding diaryl/α,β-unsaturated/α-hetero) is 3. The van der Waals surface area contributed by atoms with Gasteiger partial charge in [0.2, 0.25) is 11.7 Å². The van der Waals surface area contributed by atoms with Crippen LogP contribution in [0.25, 0.3) is 22.6 Å². The second-order valence-electron chi connectivity index (χ2n) is 17.6. The summed E-state index contributed by atoms with van der Waals surface area (Å²) in [5, 5.41) is 29.3. The van der Waals surface area contributed by atoms with Crippen molar-refractivity contribution in [1.82, 2.24) is 56.1 Å². The number of imide groups is 1. The summed E-state index contributed by atoms with van der Waals surface area (Å²) >= 11 is 0. The van der Waals surface area contributed by atoms with Gasteiger partial charge in [-0.1, -0.05) is 38.8 Å². The maximum atomic E-state index is 13.6. The van der Waals surface area contributed by atoms with E-state index in [1.807, 2.05) is 13.8 Å². The fraction of sp³-hybridized carbons (Fsp3) is 0.408. The Bertz CT molecular complexity index is 2800. The Kier molecular flexibility index (Phi) is 17.9. The first-order valence-electron chi connectivity index (χ1n) is 23.3. The fourth-order valence-corrected chi connectivity index (χ4v) is 7.83. The fourth-order valence-electron chi connectivity index (χ4n) is 7.83. The van der Waals surface area contributed by atoms with Crippen LogP contribution < -0.4 is 21.1 Å². The number of amides is 4. The lowest BCUT2D eigenvalue weighted by atomic mass is 9.88. The quantitative estimate of drug-likeness (QED) is 0.0282. The summed E-state index contributed by atoms with van der Waals surface area (Å²) in [5.74, 6) is -3.28. The summed E-state index contributed by atoms with van der Waals surface area (Å²) in [7, 11) is 0. The van der Waals surface area contributed by atoms with Gasteiger partial charge >= 0.3 is 5.97 Å². The van der Waals surface area contributed by atoms with Gasteiger partial charge in [0.05, 0.1) is 17.9 Å². The maximum absolute atomic E-state index is 13.6. The number of aryl methyl sites for hydroxylation is 1. The highest BCUT2D eigenvalue weighted by atomic mass is 16.5. The Morgan fingerprint density at radius 1 is 0.873 bits per heavy atom. The Hall–Kier alpha value is -8.17. The van der Waals surface area contributed by atoms with Crippen molar-refractivity contribution in [1.29, 1.82) is 0 Å². The molecule has 22 nitrogen and oxygen atoms in total. The Labute approximate surface area is 408 Å². The van der Waals surface area contributed by atoms with E-state index in [1.54, 1.807) is 44.2 Å². The number of nitrogens with zero attached hydrogens (tertiary/aromatic N) is 8. The molecule has 0 bridgehead atoms. The van der Waals surface area contributed by atoms with E-state index in [9.17, 15) is 43.5 Å². The van der Waals surface area contributed by atoms with Gasteiger partial charge in [0.15, 0.2) is 28.5 Å². The minimum Gasteiger partial charge on any atom is -0.487 e. The van der Waals surface area contributed by atoms with Gasteiger partial charge in [0.1, 0.15) is 30.0 Å². The lowest BCUT2D eigenvalue weighted by Crippen LogP contribution is -2.44. The molecule has 1 aliphatic rings. The van der Waals surface area contributed by atoms with Gasteiger partial charge in [-0.15, -0.1) is 10.2 Å². The number of hydrogen-bond donors (Lipinski definition) is 5. The second-order valence-corrected chi connectivity index (χ2v) is 17.6. The van der Waals surface area contributed by atoms with Crippen LogP contribution in [0.2, 0.25) is 0 Å². The molecule has 22 heteroatoms. The Morgan fingerprint density at radius 3 is 2.30 bits per heavy atom. The van der Waals surface area contributed by atoms with Crippen LogP contribution in [0.15, 0.2) is 60.8 Å². The van der Waals surface area contributed by atoms with Crippen LogP contribution in [0.1, 0.15) is 116 Å². The SMILES string of the molecule is Cc1nc(N)c2nc(COc3ccc(C(=O)N[C@@H](CCCCC(=O)c4ccc(CC(=O)[C@H](C)NC(=O)[C@@H](CC(=O)CCCCCN5C(=O)C=CC5=O)C(C)C)cc4-c4nn[nH]n4)C(=O)O)cc3)cnc2n1. The van der Waals surface area contributed by atoms with Crippen molar-refractivity contribution in [2.75, 3.05) is 12.3 Å². The predicted octanol–water partition coefficient (Wildman–Crippen LogP) is 4.03. The van der Waals surface area contributed by atoms with E-state index in [2.05, 4.69) is 51.2 Å². The van der Waals surface area contributed by atoms with Crippen LogP contribution in [-0.2, 0) is 41.8 Å². The number of unbranched alkanes of at least 4 members (excludes halogenated alkanes) is 3. The van der Waals surface area contributed by atoms with Gasteiger partial charge in [-0.3, -0.25) is 38.5 Å². The first kappa shape index (κ1) is 52.2. The van der Waals surface area contributed by atoms with E-state index < -0.39 is 35.8 Å². The van der Waals surface area contributed by atoms with Gasteiger partial charge in [-0.2, -0.15) is 5.21 Å². The average Bonchev–Trinajstić information content (AvgIpc) is 4.00. The highest BCUT2D eigenvalue weighted by Gasteiger charge is 2.29. The van der Waals surface area contributed by atoms with Gasteiger partial charge in [-0.25, -0.2) is 24.7 Å². The molecule has 0 saturated carbocycles. The summed E-state index contributed by atoms with van der Waals surface area (Å²) in [6.07, 6.45) is 6.52. The minimum absolute atomic E-state index is 0.00466.